The van der Waals surface area contributed by atoms with Crippen molar-refractivity contribution < 1.29 is 37.1 Å². The van der Waals surface area contributed by atoms with Crippen LogP contribution in [0.1, 0.15) is 96.2 Å². The van der Waals surface area contributed by atoms with Crippen LogP contribution in [-0.4, -0.2) is 83.2 Å². The number of ketones is 2. The minimum atomic E-state index is -3.52. The van der Waals surface area contributed by atoms with Crippen LogP contribution in [0, 0.1) is 11.3 Å². The smallest absolute Gasteiger partial charge is 0.411 e. The summed E-state index contributed by atoms with van der Waals surface area (Å²) in [6.07, 6.45) is 4.17. The molecular weight excluding hydrogens is 822 g/mol. The third-order valence-corrected chi connectivity index (χ3v) is 12.2. The molecule has 2 fully saturated rings. The summed E-state index contributed by atoms with van der Waals surface area (Å²) in [5.74, 6) is 0.392. The Morgan fingerprint density at radius 3 is 2.49 bits per heavy atom. The summed E-state index contributed by atoms with van der Waals surface area (Å²) in [6, 6.07) is 19.5. The number of hydrogen-bond donors (Lipinski definition) is 2. The Kier molecular flexibility index (Phi) is 12.7. The van der Waals surface area contributed by atoms with Crippen LogP contribution in [0.2, 0.25) is 5.02 Å². The molecule has 61 heavy (non-hydrogen) atoms. The highest BCUT2D eigenvalue weighted by Gasteiger charge is 2.37. The van der Waals surface area contributed by atoms with Crippen LogP contribution in [0.4, 0.5) is 16.4 Å². The molecular formula is C44H46ClN7O8S. The molecule has 2 amide bonds. The van der Waals surface area contributed by atoms with Gasteiger partial charge in [-0.1, -0.05) is 37.6 Å². The molecule has 3 aliphatic rings. The van der Waals surface area contributed by atoms with Crippen molar-refractivity contribution in [2.45, 2.75) is 89.6 Å². The van der Waals surface area contributed by atoms with E-state index in [1.165, 1.54) is 6.20 Å². The first-order valence-corrected chi connectivity index (χ1v) is 22.3. The molecule has 1 aliphatic carbocycles. The van der Waals surface area contributed by atoms with Gasteiger partial charge in [-0.2, -0.15) is 5.26 Å². The van der Waals surface area contributed by atoms with Gasteiger partial charge in [0.05, 0.1) is 29.6 Å². The van der Waals surface area contributed by atoms with E-state index in [1.54, 1.807) is 29.2 Å². The third kappa shape index (κ3) is 10.4. The molecule has 1 unspecified atom stereocenters. The number of hydrogen-bond acceptors (Lipinski definition) is 12. The highest BCUT2D eigenvalue weighted by atomic mass is 35.5. The number of nitrogens with zero attached hydrogens (tertiary/aromatic N) is 5. The minimum absolute atomic E-state index is 0.0205. The molecule has 318 valence electrons. The van der Waals surface area contributed by atoms with Gasteiger partial charge in [0.25, 0.3) is 5.91 Å². The molecule has 1 saturated heterocycles. The molecule has 0 bridgehead atoms. The molecule has 1 aromatic heterocycles. The molecule has 0 radical (unpaired) electrons. The Hall–Kier alpha value is -5.89. The number of ether oxygens (including phenoxy) is 2. The van der Waals surface area contributed by atoms with E-state index >= 15 is 0 Å². The van der Waals surface area contributed by atoms with Crippen molar-refractivity contribution in [3.8, 4) is 11.8 Å². The molecule has 3 heterocycles. The quantitative estimate of drug-likeness (QED) is 0.156. The third-order valence-electron chi connectivity index (χ3n) is 11.3. The second-order valence-corrected chi connectivity index (χ2v) is 18.4. The van der Waals surface area contributed by atoms with Gasteiger partial charge in [-0.3, -0.25) is 29.3 Å². The van der Waals surface area contributed by atoms with Crippen LogP contribution in [-0.2, 0) is 49.5 Å². The van der Waals surface area contributed by atoms with E-state index in [0.717, 1.165) is 17.4 Å². The normalized spacial score (nSPS) is 17.7. The van der Waals surface area contributed by atoms with Crippen LogP contribution < -0.4 is 14.8 Å². The average molecular weight is 868 g/mol. The first kappa shape index (κ1) is 43.2. The van der Waals surface area contributed by atoms with Gasteiger partial charge in [0.15, 0.2) is 5.78 Å². The largest absolute Gasteiger partial charge is 0.487 e. The molecule has 2 aliphatic heterocycles. The number of fused-ring (bicyclic) bond motifs is 1. The van der Waals surface area contributed by atoms with Gasteiger partial charge in [0, 0.05) is 78.9 Å². The SMILES string of the molecule is CC(C)(c1ccc(OCc2ccnc(NS(C)(=O)=O)n2)cc1)c1cc(Cl)c(CN2CC(OC(=O)Nc3ccc4c(c3)CN(C3CCC(=O)CCCCC3=O)C4=O)C2)c(C#N)c1. The van der Waals surface area contributed by atoms with Gasteiger partial charge < -0.3 is 14.4 Å². The van der Waals surface area contributed by atoms with Crippen molar-refractivity contribution in [2.24, 2.45) is 0 Å². The highest BCUT2D eigenvalue weighted by Crippen LogP contribution is 2.37. The topological polar surface area (TPSA) is 201 Å². The summed E-state index contributed by atoms with van der Waals surface area (Å²) in [6.45, 7) is 5.68. The first-order valence-electron chi connectivity index (χ1n) is 20.0. The van der Waals surface area contributed by atoms with Gasteiger partial charge in [0.1, 0.15) is 24.2 Å². The Balaban J connectivity index is 0.908. The summed E-state index contributed by atoms with van der Waals surface area (Å²) in [5, 5.41) is 13.4. The number of carbonyl (C=O) groups is 4. The monoisotopic (exact) mass is 867 g/mol. The van der Waals surface area contributed by atoms with E-state index in [9.17, 15) is 32.9 Å². The fraction of sp³-hybridized carbons (Fsp3) is 0.386. The van der Waals surface area contributed by atoms with Crippen LogP contribution >= 0.6 is 11.6 Å². The van der Waals surface area contributed by atoms with E-state index in [-0.39, 0.29) is 49.1 Å². The minimum Gasteiger partial charge on any atom is -0.487 e. The van der Waals surface area contributed by atoms with E-state index < -0.39 is 27.6 Å². The van der Waals surface area contributed by atoms with Gasteiger partial charge in [0.2, 0.25) is 16.0 Å². The van der Waals surface area contributed by atoms with Crippen LogP contribution in [0.25, 0.3) is 0 Å². The van der Waals surface area contributed by atoms with Crippen LogP contribution in [0.15, 0.2) is 66.9 Å². The molecule has 3 aromatic carbocycles. The van der Waals surface area contributed by atoms with E-state index in [1.807, 2.05) is 55.1 Å². The summed E-state index contributed by atoms with van der Waals surface area (Å²) in [5.41, 5.74) is 4.53. The van der Waals surface area contributed by atoms with E-state index in [0.29, 0.717) is 96.1 Å². The number of rotatable bonds is 12. The van der Waals surface area contributed by atoms with Gasteiger partial charge >= 0.3 is 6.09 Å². The highest BCUT2D eigenvalue weighted by molar-refractivity contribution is 7.92. The van der Waals surface area contributed by atoms with E-state index in [4.69, 9.17) is 21.1 Å². The molecule has 0 spiro atoms. The maximum atomic E-state index is 13.3. The molecule has 2 N–H and O–H groups in total. The number of benzene rings is 3. The molecule has 4 aromatic rings. The van der Waals surface area contributed by atoms with Crippen LogP contribution in [0.5, 0.6) is 5.75 Å². The summed E-state index contributed by atoms with van der Waals surface area (Å²) in [4.78, 5) is 63.1. The lowest BCUT2D eigenvalue weighted by molar-refractivity contribution is -0.124. The predicted octanol–water partition coefficient (Wildman–Crippen LogP) is 6.53. The maximum absolute atomic E-state index is 13.3. The zero-order valence-electron chi connectivity index (χ0n) is 34.1. The number of carbonyl (C=O) groups excluding carboxylic acids is 4. The lowest BCUT2D eigenvalue weighted by atomic mass is 9.77. The Bertz CT molecular complexity index is 2520. The average Bonchev–Trinajstić information content (AvgIpc) is 3.55. The van der Waals surface area contributed by atoms with Crippen molar-refractivity contribution in [3.05, 3.63) is 111 Å². The van der Waals surface area contributed by atoms with Gasteiger partial charge in [-0.25, -0.2) is 23.2 Å². The van der Waals surface area contributed by atoms with Crippen molar-refractivity contribution in [1.82, 2.24) is 19.8 Å². The number of nitrogens with one attached hydrogen (secondary N) is 2. The lowest BCUT2D eigenvalue weighted by Gasteiger charge is -2.38. The Morgan fingerprint density at radius 2 is 1.75 bits per heavy atom. The standard InChI is InChI=1S/C44H46ClN7O8S/c1-44(2,29-8-12-34(13-9-29)59-26-32-16-17-47-42(48-32)50-61(3,57)58)30-18-27(21-46)37(38(45)20-30)25-51-23-35(24-51)60-43(56)49-31-10-14-36-28(19-31)22-52(41(36)55)39-15-11-33(53)6-4-5-7-40(39)54/h8-10,12-14,16-20,35,39H,4-7,11,15,22-26H2,1-3H3,(H,49,56)(H,47,48,50). The summed E-state index contributed by atoms with van der Waals surface area (Å²) in [7, 11) is -3.52. The Labute approximate surface area is 359 Å². The number of likely N-dealkylation sites (tertiary alicyclic amines) is 1. The number of anilines is 2. The maximum Gasteiger partial charge on any atom is 0.411 e. The zero-order valence-corrected chi connectivity index (χ0v) is 35.6. The lowest BCUT2D eigenvalue weighted by Crippen LogP contribution is -2.52. The van der Waals surface area contributed by atoms with Crippen molar-refractivity contribution in [2.75, 3.05) is 29.4 Å². The molecule has 7 rings (SSSR count). The number of sulfonamides is 1. The zero-order chi connectivity index (χ0) is 43.5. The fourth-order valence-corrected chi connectivity index (χ4v) is 8.57. The fourth-order valence-electron chi connectivity index (χ4n) is 7.86. The van der Waals surface area contributed by atoms with Crippen LogP contribution in [0.3, 0.4) is 0 Å². The molecule has 1 saturated carbocycles. The number of Topliss-reactive ketones (excluding diaryl/α,β-unsaturated/α-hetero) is 2. The predicted molar refractivity (Wildman–Crippen MR) is 227 cm³/mol. The van der Waals surface area contributed by atoms with Crippen molar-refractivity contribution >= 4 is 56.8 Å². The molecule has 17 heteroatoms. The number of halogens is 1. The first-order chi connectivity index (χ1) is 29.1. The van der Waals surface area contributed by atoms with Crippen molar-refractivity contribution in [1.29, 1.82) is 5.26 Å². The summed E-state index contributed by atoms with van der Waals surface area (Å²) >= 11 is 6.85. The number of amides is 2. The second kappa shape index (κ2) is 18.0. The Morgan fingerprint density at radius 1 is 1.00 bits per heavy atom. The number of aromatic nitrogens is 2. The number of nitriles is 1. The van der Waals surface area contributed by atoms with Crippen molar-refractivity contribution in [3.63, 3.8) is 0 Å². The molecule has 1 atom stereocenters. The summed E-state index contributed by atoms with van der Waals surface area (Å²) < 4.78 is 36.8. The van der Waals surface area contributed by atoms with Gasteiger partial charge in [-0.15, -0.1) is 0 Å². The molecule has 15 nitrogen and oxygen atoms in total. The van der Waals surface area contributed by atoms with Gasteiger partial charge in [-0.05, 0) is 84.5 Å². The second-order valence-electron chi connectivity index (χ2n) is 16.2. The van der Waals surface area contributed by atoms with E-state index in [2.05, 4.69) is 26.1 Å².